The van der Waals surface area contributed by atoms with Crippen LogP contribution in [0.3, 0.4) is 0 Å². The van der Waals surface area contributed by atoms with E-state index >= 15 is 0 Å². The van der Waals surface area contributed by atoms with Crippen molar-refractivity contribution in [1.82, 2.24) is 9.80 Å². The number of ether oxygens (including phenoxy) is 1. The van der Waals surface area contributed by atoms with Crippen molar-refractivity contribution in [2.45, 2.75) is 33.2 Å². The highest BCUT2D eigenvalue weighted by molar-refractivity contribution is 5.98. The lowest BCUT2D eigenvalue weighted by Gasteiger charge is -2.30. The van der Waals surface area contributed by atoms with Crippen molar-refractivity contribution < 1.29 is 19.1 Å². The Morgan fingerprint density at radius 1 is 0.970 bits per heavy atom. The van der Waals surface area contributed by atoms with E-state index in [1.165, 1.54) is 6.92 Å². The van der Waals surface area contributed by atoms with Gasteiger partial charge in [-0.3, -0.25) is 14.5 Å². The molecule has 1 saturated heterocycles. The highest BCUT2D eigenvalue weighted by atomic mass is 16.6. The smallest absolute Gasteiger partial charge is 0.409 e. The monoisotopic (exact) mass is 451 g/mol. The minimum atomic E-state index is -0.515. The van der Waals surface area contributed by atoms with Crippen LogP contribution in [0.2, 0.25) is 0 Å². The molecule has 0 aliphatic carbocycles. The fourth-order valence-electron chi connectivity index (χ4n) is 3.90. The summed E-state index contributed by atoms with van der Waals surface area (Å²) in [6.07, 6.45) is 0.444. The molecule has 7 nitrogen and oxygen atoms in total. The van der Waals surface area contributed by atoms with Crippen molar-refractivity contribution in [3.8, 4) is 0 Å². The topological polar surface area (TPSA) is 79.0 Å². The van der Waals surface area contributed by atoms with E-state index in [0.717, 1.165) is 12.0 Å². The first-order valence-corrected chi connectivity index (χ1v) is 11.5. The first-order valence-electron chi connectivity index (χ1n) is 11.5. The molecule has 176 valence electrons. The third kappa shape index (κ3) is 6.89. The molecule has 3 rings (SSSR count). The predicted molar refractivity (Wildman–Crippen MR) is 128 cm³/mol. The van der Waals surface area contributed by atoms with Crippen LogP contribution < -0.4 is 5.32 Å². The summed E-state index contributed by atoms with van der Waals surface area (Å²) < 4.78 is 5.40. The lowest BCUT2D eigenvalue weighted by molar-refractivity contribution is -0.121. The third-order valence-electron chi connectivity index (χ3n) is 5.59. The molecule has 1 fully saturated rings. The summed E-state index contributed by atoms with van der Waals surface area (Å²) in [5.41, 5.74) is 2.02. The zero-order valence-corrected chi connectivity index (χ0v) is 19.6. The lowest BCUT2D eigenvalue weighted by Crippen LogP contribution is -2.40. The highest BCUT2D eigenvalue weighted by Gasteiger charge is 2.30. The van der Waals surface area contributed by atoms with E-state index in [4.69, 9.17) is 4.74 Å². The van der Waals surface area contributed by atoms with E-state index in [-0.39, 0.29) is 23.7 Å². The molecule has 33 heavy (non-hydrogen) atoms. The standard InChI is InChI=1S/C26H33N3O4/c1-19(2)18-33-26(32)29-14-8-13-28(15-16-29)24(21-9-5-4-6-10-21)25(31)27-23-12-7-11-22(17-23)20(3)30/h4-7,9-12,17,19,24H,8,13-16,18H2,1-3H3,(H,27,31). The van der Waals surface area contributed by atoms with E-state index in [9.17, 15) is 14.4 Å². The molecule has 1 unspecified atom stereocenters. The van der Waals surface area contributed by atoms with Crippen molar-refractivity contribution in [1.29, 1.82) is 0 Å². The van der Waals surface area contributed by atoms with Crippen LogP contribution in [-0.4, -0.2) is 60.4 Å². The Morgan fingerprint density at radius 2 is 1.73 bits per heavy atom. The fraction of sp³-hybridized carbons (Fsp3) is 0.423. The number of ketones is 1. The van der Waals surface area contributed by atoms with Crippen LogP contribution in [0.1, 0.15) is 49.2 Å². The van der Waals surface area contributed by atoms with Gasteiger partial charge in [-0.2, -0.15) is 0 Å². The van der Waals surface area contributed by atoms with Gasteiger partial charge in [0.05, 0.1) is 6.61 Å². The quantitative estimate of drug-likeness (QED) is 0.633. The Hall–Kier alpha value is -3.19. The number of nitrogens with one attached hydrogen (secondary N) is 1. The van der Waals surface area contributed by atoms with Gasteiger partial charge in [-0.05, 0) is 37.0 Å². The summed E-state index contributed by atoms with van der Waals surface area (Å²) in [6, 6.07) is 16.1. The summed E-state index contributed by atoms with van der Waals surface area (Å²) in [5.74, 6) is 0.0606. The fourth-order valence-corrected chi connectivity index (χ4v) is 3.90. The first-order chi connectivity index (χ1) is 15.8. The second kappa shape index (κ2) is 11.6. The minimum absolute atomic E-state index is 0.0531. The number of amides is 2. The highest BCUT2D eigenvalue weighted by Crippen LogP contribution is 2.25. The first kappa shape index (κ1) is 24.5. The Morgan fingerprint density at radius 3 is 2.42 bits per heavy atom. The number of hydrogen-bond acceptors (Lipinski definition) is 5. The van der Waals surface area contributed by atoms with E-state index < -0.39 is 6.04 Å². The summed E-state index contributed by atoms with van der Waals surface area (Å²) >= 11 is 0. The van der Waals surface area contributed by atoms with Gasteiger partial charge in [0.2, 0.25) is 5.91 Å². The molecule has 7 heteroatoms. The van der Waals surface area contributed by atoms with Crippen molar-refractivity contribution in [3.63, 3.8) is 0 Å². The average Bonchev–Trinajstić information content (AvgIpc) is 3.05. The normalized spacial score (nSPS) is 15.6. The number of Topliss-reactive ketones (excluding diaryl/α,β-unsaturated/α-hetero) is 1. The molecule has 0 bridgehead atoms. The molecule has 0 spiro atoms. The number of anilines is 1. The molecular formula is C26H33N3O4. The van der Waals surface area contributed by atoms with Crippen LogP contribution in [-0.2, 0) is 9.53 Å². The average molecular weight is 452 g/mol. The third-order valence-corrected chi connectivity index (χ3v) is 5.59. The number of rotatable bonds is 7. The van der Waals surface area contributed by atoms with Gasteiger partial charge in [0.1, 0.15) is 6.04 Å². The maximum Gasteiger partial charge on any atom is 0.409 e. The van der Waals surface area contributed by atoms with Crippen LogP contribution in [0.15, 0.2) is 54.6 Å². The maximum absolute atomic E-state index is 13.5. The van der Waals surface area contributed by atoms with Crippen molar-refractivity contribution in [2.75, 3.05) is 38.1 Å². The van der Waals surface area contributed by atoms with E-state index in [1.54, 1.807) is 29.2 Å². The van der Waals surface area contributed by atoms with Gasteiger partial charge < -0.3 is 15.0 Å². The molecule has 1 heterocycles. The zero-order chi connectivity index (χ0) is 23.8. The second-order valence-corrected chi connectivity index (χ2v) is 8.79. The van der Waals surface area contributed by atoms with Gasteiger partial charge in [0, 0.05) is 37.4 Å². The molecular weight excluding hydrogens is 418 g/mol. The van der Waals surface area contributed by atoms with Crippen molar-refractivity contribution in [3.05, 3.63) is 65.7 Å². The Bertz CT molecular complexity index is 961. The molecule has 0 aromatic heterocycles. The largest absolute Gasteiger partial charge is 0.449 e. The van der Waals surface area contributed by atoms with Crippen LogP contribution in [0.5, 0.6) is 0 Å². The SMILES string of the molecule is CC(=O)c1cccc(NC(=O)C(c2ccccc2)N2CCCN(C(=O)OCC(C)C)CC2)c1. The second-order valence-electron chi connectivity index (χ2n) is 8.79. The lowest BCUT2D eigenvalue weighted by atomic mass is 10.0. The van der Waals surface area contributed by atoms with Gasteiger partial charge in [-0.25, -0.2) is 4.79 Å². The Balaban J connectivity index is 1.76. The Labute approximate surface area is 195 Å². The number of carbonyl (C=O) groups is 3. The molecule has 1 aliphatic rings. The molecule has 1 aliphatic heterocycles. The van der Waals surface area contributed by atoms with Crippen LogP contribution in [0.25, 0.3) is 0 Å². The van der Waals surface area contributed by atoms with E-state index in [1.807, 2.05) is 44.2 Å². The van der Waals surface area contributed by atoms with Gasteiger partial charge in [0.25, 0.3) is 0 Å². The minimum Gasteiger partial charge on any atom is -0.449 e. The van der Waals surface area contributed by atoms with Crippen molar-refractivity contribution in [2.24, 2.45) is 5.92 Å². The van der Waals surface area contributed by atoms with E-state index in [0.29, 0.717) is 44.0 Å². The van der Waals surface area contributed by atoms with Crippen LogP contribution >= 0.6 is 0 Å². The molecule has 1 N–H and O–H groups in total. The van der Waals surface area contributed by atoms with Crippen LogP contribution in [0, 0.1) is 5.92 Å². The number of nitrogens with zero attached hydrogens (tertiary/aromatic N) is 2. The summed E-state index contributed by atoms with van der Waals surface area (Å²) in [6.45, 7) is 8.23. The number of benzene rings is 2. The van der Waals surface area contributed by atoms with Gasteiger partial charge >= 0.3 is 6.09 Å². The van der Waals surface area contributed by atoms with Crippen LogP contribution in [0.4, 0.5) is 10.5 Å². The number of hydrogen-bond donors (Lipinski definition) is 1. The predicted octanol–water partition coefficient (Wildman–Crippen LogP) is 4.37. The van der Waals surface area contributed by atoms with Gasteiger partial charge in [-0.15, -0.1) is 0 Å². The summed E-state index contributed by atoms with van der Waals surface area (Å²) in [4.78, 5) is 41.5. The summed E-state index contributed by atoms with van der Waals surface area (Å²) in [5, 5.41) is 2.98. The molecule has 0 radical (unpaired) electrons. The maximum atomic E-state index is 13.5. The Kier molecular flexibility index (Phi) is 8.60. The van der Waals surface area contributed by atoms with Gasteiger partial charge in [-0.1, -0.05) is 56.3 Å². The van der Waals surface area contributed by atoms with Crippen molar-refractivity contribution >= 4 is 23.5 Å². The summed E-state index contributed by atoms with van der Waals surface area (Å²) in [7, 11) is 0. The number of carbonyl (C=O) groups excluding carboxylic acids is 3. The zero-order valence-electron chi connectivity index (χ0n) is 19.6. The molecule has 2 aromatic carbocycles. The van der Waals surface area contributed by atoms with Gasteiger partial charge in [0.15, 0.2) is 5.78 Å². The molecule has 2 amide bonds. The molecule has 2 aromatic rings. The molecule has 1 atom stereocenters. The van der Waals surface area contributed by atoms with E-state index in [2.05, 4.69) is 10.2 Å². The molecule has 0 saturated carbocycles.